The average Bonchev–Trinajstić information content (AvgIpc) is 2.63. The van der Waals surface area contributed by atoms with Crippen LogP contribution in [0.3, 0.4) is 0 Å². The van der Waals surface area contributed by atoms with Crippen molar-refractivity contribution in [1.82, 2.24) is 0 Å². The zero-order valence-corrected chi connectivity index (χ0v) is 15.3. The summed E-state index contributed by atoms with van der Waals surface area (Å²) in [5.74, 6) is -0.112. The topological polar surface area (TPSA) is 44.4 Å². The summed E-state index contributed by atoms with van der Waals surface area (Å²) in [6, 6.07) is 13.8. The van der Waals surface area contributed by atoms with Gasteiger partial charge in [-0.3, -0.25) is 4.79 Å². The van der Waals surface area contributed by atoms with Crippen LogP contribution in [0.2, 0.25) is 5.02 Å². The van der Waals surface area contributed by atoms with Gasteiger partial charge in [0, 0.05) is 13.1 Å². The lowest BCUT2D eigenvalue weighted by molar-refractivity contribution is -0.114. The Labute approximate surface area is 154 Å². The van der Waals surface area contributed by atoms with Crippen LogP contribution in [0.25, 0.3) is 0 Å². The predicted molar refractivity (Wildman–Crippen MR) is 106 cm³/mol. The van der Waals surface area contributed by atoms with Gasteiger partial charge in [0.15, 0.2) is 0 Å². The first-order chi connectivity index (χ1) is 12.1. The zero-order valence-electron chi connectivity index (χ0n) is 14.5. The Morgan fingerprint density at radius 3 is 2.60 bits per heavy atom. The summed E-state index contributed by atoms with van der Waals surface area (Å²) in [5, 5.41) is 6.68. The second kappa shape index (κ2) is 8.26. The number of aryl methyl sites for hydroxylation is 1. The predicted octanol–water partition coefficient (Wildman–Crippen LogP) is 4.69. The minimum Gasteiger partial charge on any atom is -0.374 e. The second-order valence-corrected chi connectivity index (χ2v) is 6.86. The number of rotatable bonds is 5. The number of benzene rings is 2. The molecular weight excluding hydrogens is 334 g/mol. The lowest BCUT2D eigenvalue weighted by atomic mass is 10.1. The van der Waals surface area contributed by atoms with Crippen molar-refractivity contribution in [3.63, 3.8) is 0 Å². The molecule has 1 fully saturated rings. The summed E-state index contributed by atoms with van der Waals surface area (Å²) in [6.07, 6.45) is 3.74. The second-order valence-electron chi connectivity index (χ2n) is 6.45. The van der Waals surface area contributed by atoms with Crippen LogP contribution in [0.1, 0.15) is 24.8 Å². The van der Waals surface area contributed by atoms with Gasteiger partial charge in [0.2, 0.25) is 5.91 Å². The summed E-state index contributed by atoms with van der Waals surface area (Å²) < 4.78 is 0. The fourth-order valence-electron chi connectivity index (χ4n) is 3.13. The SMILES string of the molecule is Cc1ccc(NC(=O)CNc2ccccc2N2CCCCC2)c(Cl)c1. The molecule has 2 N–H and O–H groups in total. The van der Waals surface area contributed by atoms with E-state index < -0.39 is 0 Å². The Morgan fingerprint density at radius 1 is 1.08 bits per heavy atom. The number of hydrogen-bond acceptors (Lipinski definition) is 3. The van der Waals surface area contributed by atoms with Crippen molar-refractivity contribution in [2.24, 2.45) is 0 Å². The minimum absolute atomic E-state index is 0.112. The normalized spacial score (nSPS) is 14.2. The Bertz CT molecular complexity index is 741. The van der Waals surface area contributed by atoms with Crippen molar-refractivity contribution in [2.75, 3.05) is 35.2 Å². The molecule has 0 atom stereocenters. The van der Waals surface area contributed by atoms with Gasteiger partial charge in [-0.1, -0.05) is 29.8 Å². The summed E-state index contributed by atoms with van der Waals surface area (Å²) in [7, 11) is 0. The number of halogens is 1. The van der Waals surface area contributed by atoms with E-state index in [-0.39, 0.29) is 12.5 Å². The molecular formula is C20H24ClN3O. The van der Waals surface area contributed by atoms with Crippen LogP contribution >= 0.6 is 11.6 Å². The van der Waals surface area contributed by atoms with Crippen molar-refractivity contribution in [1.29, 1.82) is 0 Å². The molecule has 132 valence electrons. The molecule has 1 amide bonds. The maximum atomic E-state index is 12.3. The first kappa shape index (κ1) is 17.6. The van der Waals surface area contributed by atoms with Crippen molar-refractivity contribution >= 4 is 34.6 Å². The van der Waals surface area contributed by atoms with Gasteiger partial charge in [0.1, 0.15) is 0 Å². The minimum atomic E-state index is -0.112. The van der Waals surface area contributed by atoms with E-state index in [0.717, 1.165) is 24.3 Å². The van der Waals surface area contributed by atoms with Crippen LogP contribution in [0.15, 0.2) is 42.5 Å². The number of nitrogens with zero attached hydrogens (tertiary/aromatic N) is 1. The molecule has 1 heterocycles. The number of para-hydroxylation sites is 2. The van der Waals surface area contributed by atoms with E-state index in [9.17, 15) is 4.79 Å². The Hall–Kier alpha value is -2.20. The van der Waals surface area contributed by atoms with E-state index in [0.29, 0.717) is 10.7 Å². The molecule has 3 rings (SSSR count). The maximum absolute atomic E-state index is 12.3. The van der Waals surface area contributed by atoms with Crippen LogP contribution in [0, 0.1) is 6.92 Å². The van der Waals surface area contributed by atoms with Gasteiger partial charge in [-0.2, -0.15) is 0 Å². The van der Waals surface area contributed by atoms with Gasteiger partial charge in [0.25, 0.3) is 0 Å². The number of amides is 1. The zero-order chi connectivity index (χ0) is 17.6. The number of piperidine rings is 1. The molecule has 0 unspecified atom stereocenters. The fraction of sp³-hybridized carbons (Fsp3) is 0.350. The number of carbonyl (C=O) groups is 1. The third kappa shape index (κ3) is 4.67. The van der Waals surface area contributed by atoms with E-state index in [4.69, 9.17) is 11.6 Å². The largest absolute Gasteiger partial charge is 0.374 e. The highest BCUT2D eigenvalue weighted by Crippen LogP contribution is 2.28. The van der Waals surface area contributed by atoms with Gasteiger partial charge in [-0.05, 0) is 56.0 Å². The van der Waals surface area contributed by atoms with E-state index in [2.05, 4.69) is 21.6 Å². The number of nitrogens with one attached hydrogen (secondary N) is 2. The summed E-state index contributed by atoms with van der Waals surface area (Å²) in [4.78, 5) is 14.7. The number of anilines is 3. The summed E-state index contributed by atoms with van der Waals surface area (Å²) in [5.41, 5.74) is 3.87. The molecule has 2 aromatic carbocycles. The lowest BCUT2D eigenvalue weighted by Gasteiger charge is -2.30. The molecule has 0 bridgehead atoms. The van der Waals surface area contributed by atoms with Gasteiger partial charge in [0.05, 0.1) is 28.6 Å². The molecule has 1 aliphatic rings. The van der Waals surface area contributed by atoms with Gasteiger partial charge in [-0.15, -0.1) is 0 Å². The molecule has 2 aromatic rings. The fourth-order valence-corrected chi connectivity index (χ4v) is 3.41. The number of carbonyl (C=O) groups excluding carboxylic acids is 1. The highest BCUT2D eigenvalue weighted by atomic mass is 35.5. The van der Waals surface area contributed by atoms with Gasteiger partial charge in [-0.25, -0.2) is 0 Å². The molecule has 0 aliphatic carbocycles. The van der Waals surface area contributed by atoms with Crippen molar-refractivity contribution in [3.8, 4) is 0 Å². The molecule has 1 saturated heterocycles. The van der Waals surface area contributed by atoms with Gasteiger partial charge < -0.3 is 15.5 Å². The number of hydrogen-bond donors (Lipinski definition) is 2. The average molecular weight is 358 g/mol. The highest BCUT2D eigenvalue weighted by Gasteiger charge is 2.14. The molecule has 5 heteroatoms. The third-order valence-corrected chi connectivity index (χ3v) is 4.75. The first-order valence-corrected chi connectivity index (χ1v) is 9.15. The molecule has 4 nitrogen and oxygen atoms in total. The van der Waals surface area contributed by atoms with Crippen LogP contribution in [0.4, 0.5) is 17.1 Å². The first-order valence-electron chi connectivity index (χ1n) is 8.77. The molecule has 0 saturated carbocycles. The Kier molecular flexibility index (Phi) is 5.82. The maximum Gasteiger partial charge on any atom is 0.243 e. The molecule has 1 aliphatic heterocycles. The van der Waals surface area contributed by atoms with Crippen molar-refractivity contribution < 1.29 is 4.79 Å². The summed E-state index contributed by atoms with van der Waals surface area (Å²) >= 11 is 6.18. The van der Waals surface area contributed by atoms with Crippen molar-refractivity contribution in [3.05, 3.63) is 53.1 Å². The van der Waals surface area contributed by atoms with E-state index >= 15 is 0 Å². The van der Waals surface area contributed by atoms with E-state index in [1.807, 2.05) is 43.3 Å². The van der Waals surface area contributed by atoms with Crippen LogP contribution in [-0.2, 0) is 4.79 Å². The molecule has 0 aromatic heterocycles. The van der Waals surface area contributed by atoms with Crippen LogP contribution in [0.5, 0.6) is 0 Å². The standard InChI is InChI=1S/C20H24ClN3O/c1-15-9-10-17(16(21)13-15)23-20(25)14-22-18-7-3-4-8-19(18)24-11-5-2-6-12-24/h3-4,7-10,13,22H,2,5-6,11-12,14H2,1H3,(H,23,25). The van der Waals surface area contributed by atoms with Crippen LogP contribution in [-0.4, -0.2) is 25.5 Å². The molecule has 0 spiro atoms. The smallest absolute Gasteiger partial charge is 0.243 e. The van der Waals surface area contributed by atoms with Gasteiger partial charge >= 0.3 is 0 Å². The summed E-state index contributed by atoms with van der Waals surface area (Å²) in [6.45, 7) is 4.32. The van der Waals surface area contributed by atoms with Crippen molar-refractivity contribution in [2.45, 2.75) is 26.2 Å². The third-order valence-electron chi connectivity index (χ3n) is 4.44. The monoisotopic (exact) mass is 357 g/mol. The molecule has 25 heavy (non-hydrogen) atoms. The Morgan fingerprint density at radius 2 is 1.84 bits per heavy atom. The van der Waals surface area contributed by atoms with E-state index in [1.165, 1.54) is 24.9 Å². The highest BCUT2D eigenvalue weighted by molar-refractivity contribution is 6.33. The Balaban J connectivity index is 1.62. The van der Waals surface area contributed by atoms with E-state index in [1.54, 1.807) is 0 Å². The van der Waals surface area contributed by atoms with Crippen LogP contribution < -0.4 is 15.5 Å². The molecule has 0 radical (unpaired) electrons. The quantitative estimate of drug-likeness (QED) is 0.815. The lowest BCUT2D eigenvalue weighted by Crippen LogP contribution is -2.30.